The molecule has 1 rings (SSSR count). The van der Waals surface area contributed by atoms with Gasteiger partial charge < -0.3 is 0 Å². The normalized spacial score (nSPS) is 11.3. The van der Waals surface area contributed by atoms with Crippen LogP contribution in [-0.2, 0) is 11.4 Å². The minimum atomic E-state index is 0.753. The quantitative estimate of drug-likeness (QED) is 0.532. The van der Waals surface area contributed by atoms with E-state index in [1.807, 2.05) is 30.3 Å². The van der Waals surface area contributed by atoms with Gasteiger partial charge in [0.25, 0.3) is 0 Å². The highest BCUT2D eigenvalue weighted by Gasteiger charge is 2.00. The zero-order chi connectivity index (χ0) is 8.81. The summed E-state index contributed by atoms with van der Waals surface area (Å²) in [5, 5.41) is 3.85. The number of hydrogen-bond acceptors (Lipinski definition) is 0. The van der Waals surface area contributed by atoms with Crippen LogP contribution < -0.4 is 11.1 Å². The molecule has 0 bridgehead atoms. The summed E-state index contributed by atoms with van der Waals surface area (Å²) in [7, 11) is 0. The Morgan fingerprint density at radius 2 is 2.08 bits per heavy atom. The Morgan fingerprint density at radius 3 is 2.67 bits per heavy atom. The molecule has 3 heteroatoms. The first-order chi connectivity index (χ1) is 5.83. The van der Waals surface area contributed by atoms with Gasteiger partial charge in [0.1, 0.15) is 0 Å². The second-order valence-electron chi connectivity index (χ2n) is 2.29. The molecular weight excluding hydrogens is 168 g/mol. The van der Waals surface area contributed by atoms with E-state index >= 15 is 0 Å². The zero-order valence-electron chi connectivity index (χ0n) is 7.08. The standard InChI is InChI=1S/C9H13N2S/c1-2-12-9(10)11-8-6-4-3-5-7-8/h3-7,11H,2,10H2,1H3/q+1. The number of para-hydroxylation sites is 1. The van der Waals surface area contributed by atoms with Gasteiger partial charge in [-0.2, -0.15) is 0 Å². The Balaban J connectivity index is 2.58. The van der Waals surface area contributed by atoms with Crippen molar-refractivity contribution in [2.24, 2.45) is 5.73 Å². The molecule has 0 spiro atoms. The van der Waals surface area contributed by atoms with Gasteiger partial charge in [-0.15, -0.1) is 0 Å². The van der Waals surface area contributed by atoms with Crippen molar-refractivity contribution in [1.82, 2.24) is 0 Å². The van der Waals surface area contributed by atoms with Crippen LogP contribution in [0.4, 0.5) is 5.69 Å². The largest absolute Gasteiger partial charge is 0.343 e. The molecule has 1 aromatic rings. The lowest BCUT2D eigenvalue weighted by Gasteiger charge is -1.97. The summed E-state index contributed by atoms with van der Waals surface area (Å²) in [6.07, 6.45) is 0. The second-order valence-corrected chi connectivity index (χ2v) is 3.59. The van der Waals surface area contributed by atoms with E-state index in [0.29, 0.717) is 0 Å². The van der Waals surface area contributed by atoms with Gasteiger partial charge in [0.05, 0.1) is 0 Å². The van der Waals surface area contributed by atoms with Crippen molar-refractivity contribution in [2.75, 3.05) is 11.1 Å². The summed E-state index contributed by atoms with van der Waals surface area (Å²) >= 11 is 1.61. The predicted molar refractivity (Wildman–Crippen MR) is 57.2 cm³/mol. The minimum absolute atomic E-state index is 0.753. The third-order valence-corrected chi connectivity index (χ3v) is 2.04. The van der Waals surface area contributed by atoms with Crippen LogP contribution >= 0.6 is 0 Å². The van der Waals surface area contributed by atoms with Crippen molar-refractivity contribution in [3.05, 3.63) is 30.3 Å². The highest BCUT2D eigenvalue weighted by molar-refractivity contribution is 7.78. The average molecular weight is 181 g/mol. The molecule has 0 unspecified atom stereocenters. The number of nitrogens with one attached hydrogen (secondary N) is 1. The lowest BCUT2D eigenvalue weighted by Crippen LogP contribution is -2.23. The van der Waals surface area contributed by atoms with Crippen molar-refractivity contribution in [3.63, 3.8) is 0 Å². The first-order valence-corrected chi connectivity index (χ1v) is 4.88. The van der Waals surface area contributed by atoms with Crippen LogP contribution in [0, 0.1) is 0 Å². The highest BCUT2D eigenvalue weighted by Crippen LogP contribution is 2.03. The molecule has 64 valence electrons. The van der Waals surface area contributed by atoms with Crippen molar-refractivity contribution >= 4 is 22.2 Å². The van der Waals surface area contributed by atoms with Crippen LogP contribution in [0.15, 0.2) is 30.3 Å². The number of nitrogens with two attached hydrogens (primary N) is 1. The van der Waals surface area contributed by atoms with Crippen molar-refractivity contribution < 1.29 is 0 Å². The molecule has 1 aromatic carbocycles. The molecule has 0 fully saturated rings. The smallest absolute Gasteiger partial charge is 0.298 e. The maximum absolute atomic E-state index is 5.68. The second kappa shape index (κ2) is 4.85. The molecule has 0 radical (unpaired) electrons. The predicted octanol–water partition coefficient (Wildman–Crippen LogP) is 1.25. The molecule has 0 heterocycles. The summed E-state index contributed by atoms with van der Waals surface area (Å²) in [4.78, 5) is 0. The van der Waals surface area contributed by atoms with E-state index in [1.165, 1.54) is 0 Å². The van der Waals surface area contributed by atoms with E-state index in [4.69, 9.17) is 5.73 Å². The van der Waals surface area contributed by atoms with Gasteiger partial charge >= 0.3 is 5.11 Å². The van der Waals surface area contributed by atoms with E-state index in [0.717, 1.165) is 16.6 Å². The molecule has 0 aromatic heterocycles. The van der Waals surface area contributed by atoms with Crippen molar-refractivity contribution in [3.8, 4) is 0 Å². The van der Waals surface area contributed by atoms with E-state index in [-0.39, 0.29) is 0 Å². The molecule has 0 amide bonds. The van der Waals surface area contributed by atoms with Crippen molar-refractivity contribution in [1.29, 1.82) is 0 Å². The molecule has 0 aliphatic rings. The molecule has 0 aliphatic heterocycles. The number of hydrogen-bond donors (Lipinski definition) is 2. The molecule has 0 aliphatic carbocycles. The average Bonchev–Trinajstić information content (AvgIpc) is 2.06. The zero-order valence-corrected chi connectivity index (χ0v) is 7.90. The van der Waals surface area contributed by atoms with Gasteiger partial charge in [-0.05, 0) is 19.1 Å². The Bertz CT molecular complexity index is 256. The maximum atomic E-state index is 5.68. The Kier molecular flexibility index (Phi) is 3.70. The van der Waals surface area contributed by atoms with Gasteiger partial charge in [0, 0.05) is 5.69 Å². The van der Waals surface area contributed by atoms with Crippen LogP contribution in [-0.4, -0.2) is 10.9 Å². The summed E-state index contributed by atoms with van der Waals surface area (Å²) < 4.78 is 0. The monoisotopic (exact) mass is 181 g/mol. The van der Waals surface area contributed by atoms with Crippen molar-refractivity contribution in [2.45, 2.75) is 6.92 Å². The van der Waals surface area contributed by atoms with E-state index < -0.39 is 0 Å². The first kappa shape index (κ1) is 9.16. The molecule has 12 heavy (non-hydrogen) atoms. The molecule has 0 atom stereocenters. The van der Waals surface area contributed by atoms with E-state index in [2.05, 4.69) is 12.2 Å². The SMILES string of the molecule is CC/[S+]=C(\N)Nc1ccccc1. The Morgan fingerprint density at radius 1 is 1.42 bits per heavy atom. The Hall–Kier alpha value is -0.930. The number of anilines is 1. The summed E-state index contributed by atoms with van der Waals surface area (Å²) in [6, 6.07) is 9.92. The van der Waals surface area contributed by atoms with Crippen LogP contribution in [0.5, 0.6) is 0 Å². The maximum Gasteiger partial charge on any atom is 0.343 e. The van der Waals surface area contributed by atoms with Crippen LogP contribution in [0.3, 0.4) is 0 Å². The number of rotatable bonds is 2. The fraction of sp³-hybridized carbons (Fsp3) is 0.222. The molecular formula is C9H13N2S+. The van der Waals surface area contributed by atoms with Gasteiger partial charge in [-0.3, -0.25) is 5.32 Å². The van der Waals surface area contributed by atoms with Crippen LogP contribution in [0.1, 0.15) is 6.92 Å². The molecule has 0 saturated heterocycles. The topological polar surface area (TPSA) is 38.0 Å². The minimum Gasteiger partial charge on any atom is -0.298 e. The lowest BCUT2D eigenvalue weighted by molar-refractivity contribution is 1.53. The van der Waals surface area contributed by atoms with Gasteiger partial charge in [-0.1, -0.05) is 18.2 Å². The first-order valence-electron chi connectivity index (χ1n) is 3.90. The fourth-order valence-corrected chi connectivity index (χ4v) is 1.36. The lowest BCUT2D eigenvalue weighted by atomic mass is 10.3. The van der Waals surface area contributed by atoms with Gasteiger partial charge in [0.15, 0.2) is 5.75 Å². The number of benzene rings is 1. The van der Waals surface area contributed by atoms with Crippen LogP contribution in [0.2, 0.25) is 0 Å². The highest BCUT2D eigenvalue weighted by atomic mass is 32.1. The fourth-order valence-electron chi connectivity index (χ4n) is 0.855. The van der Waals surface area contributed by atoms with E-state index in [1.54, 1.807) is 11.4 Å². The summed E-state index contributed by atoms with van der Waals surface area (Å²) in [5.74, 6) is 0.992. The molecule has 2 nitrogen and oxygen atoms in total. The van der Waals surface area contributed by atoms with Gasteiger partial charge in [-0.25, -0.2) is 5.73 Å². The molecule has 0 saturated carbocycles. The summed E-state index contributed by atoms with van der Waals surface area (Å²) in [5.41, 5.74) is 6.72. The van der Waals surface area contributed by atoms with Gasteiger partial charge in [0.2, 0.25) is 11.4 Å². The Labute approximate surface area is 76.7 Å². The van der Waals surface area contributed by atoms with E-state index in [9.17, 15) is 0 Å². The van der Waals surface area contributed by atoms with Crippen LogP contribution in [0.25, 0.3) is 0 Å². The molecule has 3 N–H and O–H groups in total. The third kappa shape index (κ3) is 2.98. The third-order valence-electron chi connectivity index (χ3n) is 1.34. The summed E-state index contributed by atoms with van der Waals surface area (Å²) in [6.45, 7) is 2.07.